The summed E-state index contributed by atoms with van der Waals surface area (Å²) in [5.74, 6) is -2.68. The number of piperazine rings is 1. The molecule has 0 spiro atoms. The Kier molecular flexibility index (Phi) is 4.37. The third-order valence-electron chi connectivity index (χ3n) is 3.82. The van der Waals surface area contributed by atoms with Gasteiger partial charge in [-0.1, -0.05) is 6.92 Å². The van der Waals surface area contributed by atoms with Crippen LogP contribution in [0.2, 0.25) is 0 Å². The van der Waals surface area contributed by atoms with E-state index in [9.17, 15) is 8.78 Å². The Morgan fingerprint density at radius 1 is 1.26 bits per heavy atom. The summed E-state index contributed by atoms with van der Waals surface area (Å²) in [6, 6.07) is 2.90. The quantitative estimate of drug-likeness (QED) is 0.912. The van der Waals surface area contributed by atoms with Gasteiger partial charge in [0.05, 0.1) is 0 Å². The van der Waals surface area contributed by atoms with Crippen LogP contribution < -0.4 is 0 Å². The van der Waals surface area contributed by atoms with Crippen molar-refractivity contribution in [2.45, 2.75) is 25.9 Å². The van der Waals surface area contributed by atoms with Gasteiger partial charge in [0.15, 0.2) is 17.4 Å². The maximum absolute atomic E-state index is 13.3. The van der Waals surface area contributed by atoms with E-state index in [1.165, 1.54) is 12.1 Å². The maximum Gasteiger partial charge on any atom is 0.187 e. The Morgan fingerprint density at radius 3 is 2.47 bits per heavy atom. The van der Waals surface area contributed by atoms with Crippen LogP contribution in [0.25, 0.3) is 0 Å². The van der Waals surface area contributed by atoms with Crippen LogP contribution in [0.4, 0.5) is 8.78 Å². The lowest BCUT2D eigenvalue weighted by Gasteiger charge is -2.39. The maximum atomic E-state index is 13.3. The zero-order chi connectivity index (χ0) is 14.0. The third kappa shape index (κ3) is 3.22. The van der Waals surface area contributed by atoms with E-state index in [2.05, 4.69) is 23.8 Å². The number of rotatable bonds is 3. The first-order valence-electron chi connectivity index (χ1n) is 6.60. The van der Waals surface area contributed by atoms with E-state index < -0.39 is 17.4 Å². The van der Waals surface area contributed by atoms with Crippen molar-refractivity contribution in [3.8, 4) is 5.75 Å². The molecule has 0 bridgehead atoms. The second kappa shape index (κ2) is 5.84. The standard InChI is InChI=1S/C14H20F2N2O/c1-3-11-9-18(5-4-17(11)2)8-10-6-12(15)14(19)13(16)7-10/h6-7,11,19H,3-5,8-9H2,1-2H3. The van der Waals surface area contributed by atoms with E-state index in [0.29, 0.717) is 18.2 Å². The molecule has 1 aromatic rings. The minimum atomic E-state index is -0.895. The average Bonchev–Trinajstić information content (AvgIpc) is 2.38. The number of nitrogens with zero attached hydrogens (tertiary/aromatic N) is 2. The zero-order valence-electron chi connectivity index (χ0n) is 11.4. The van der Waals surface area contributed by atoms with E-state index in [1.807, 2.05) is 0 Å². The molecule has 19 heavy (non-hydrogen) atoms. The number of hydrogen-bond donors (Lipinski definition) is 1. The number of benzene rings is 1. The highest BCUT2D eigenvalue weighted by atomic mass is 19.1. The smallest absolute Gasteiger partial charge is 0.187 e. The zero-order valence-corrected chi connectivity index (χ0v) is 11.4. The van der Waals surface area contributed by atoms with Crippen molar-refractivity contribution in [3.05, 3.63) is 29.3 Å². The normalized spacial score (nSPS) is 21.8. The summed E-state index contributed by atoms with van der Waals surface area (Å²) >= 11 is 0. The van der Waals surface area contributed by atoms with Gasteiger partial charge in [0.25, 0.3) is 0 Å². The fourth-order valence-corrected chi connectivity index (χ4v) is 2.56. The molecule has 5 heteroatoms. The fraction of sp³-hybridized carbons (Fsp3) is 0.571. The van der Waals surface area contributed by atoms with Gasteiger partial charge in [0, 0.05) is 32.2 Å². The third-order valence-corrected chi connectivity index (χ3v) is 3.82. The number of hydrogen-bond acceptors (Lipinski definition) is 3. The fourth-order valence-electron chi connectivity index (χ4n) is 2.56. The molecule has 106 valence electrons. The number of halogens is 2. The van der Waals surface area contributed by atoms with Gasteiger partial charge in [-0.2, -0.15) is 0 Å². The molecule has 0 radical (unpaired) electrons. The molecule has 1 saturated heterocycles. The summed E-state index contributed by atoms with van der Waals surface area (Å²) in [5, 5.41) is 9.08. The van der Waals surface area contributed by atoms with Crippen LogP contribution in [0.5, 0.6) is 5.75 Å². The van der Waals surface area contributed by atoms with E-state index in [-0.39, 0.29) is 0 Å². The molecule has 1 aromatic carbocycles. The predicted molar refractivity (Wildman–Crippen MR) is 70.0 cm³/mol. The number of likely N-dealkylation sites (N-methyl/N-ethyl adjacent to an activating group) is 1. The van der Waals surface area contributed by atoms with Gasteiger partial charge in [0.2, 0.25) is 0 Å². The molecule has 1 atom stereocenters. The minimum Gasteiger partial charge on any atom is -0.503 e. The highest BCUT2D eigenvalue weighted by Gasteiger charge is 2.23. The second-order valence-corrected chi connectivity index (χ2v) is 5.19. The van der Waals surface area contributed by atoms with Crippen molar-refractivity contribution in [1.82, 2.24) is 9.80 Å². The van der Waals surface area contributed by atoms with E-state index in [0.717, 1.165) is 26.1 Å². The van der Waals surface area contributed by atoms with Crippen molar-refractivity contribution in [1.29, 1.82) is 0 Å². The van der Waals surface area contributed by atoms with E-state index in [4.69, 9.17) is 5.11 Å². The monoisotopic (exact) mass is 270 g/mol. The lowest BCUT2D eigenvalue weighted by atomic mass is 10.1. The van der Waals surface area contributed by atoms with E-state index in [1.54, 1.807) is 0 Å². The molecule has 0 aliphatic carbocycles. The minimum absolute atomic E-state index is 0.487. The molecule has 1 N–H and O–H groups in total. The lowest BCUT2D eigenvalue weighted by molar-refractivity contribution is 0.0882. The van der Waals surface area contributed by atoms with Crippen LogP contribution >= 0.6 is 0 Å². The van der Waals surface area contributed by atoms with Gasteiger partial charge in [-0.05, 0) is 31.2 Å². The Bertz CT molecular complexity index is 430. The van der Waals surface area contributed by atoms with Crippen molar-refractivity contribution in [2.24, 2.45) is 0 Å². The van der Waals surface area contributed by atoms with Gasteiger partial charge < -0.3 is 10.0 Å². The molecule has 1 aliphatic heterocycles. The summed E-state index contributed by atoms with van der Waals surface area (Å²) in [4.78, 5) is 4.51. The highest BCUT2D eigenvalue weighted by Crippen LogP contribution is 2.23. The first-order chi connectivity index (χ1) is 9.01. The second-order valence-electron chi connectivity index (χ2n) is 5.19. The van der Waals surface area contributed by atoms with E-state index >= 15 is 0 Å². The molecule has 1 fully saturated rings. The molecular formula is C14H20F2N2O. The number of phenols is 1. The summed E-state index contributed by atoms with van der Waals surface area (Å²) in [5.41, 5.74) is 0.562. The predicted octanol–water partition coefficient (Wildman–Crippen LogP) is 2.20. The van der Waals surface area contributed by atoms with Gasteiger partial charge in [0.1, 0.15) is 0 Å². The van der Waals surface area contributed by atoms with Crippen molar-refractivity contribution in [2.75, 3.05) is 26.7 Å². The van der Waals surface area contributed by atoms with Crippen LogP contribution in [-0.2, 0) is 6.54 Å². The molecule has 1 heterocycles. The summed E-state index contributed by atoms with van der Waals surface area (Å²) in [6.45, 7) is 5.40. The van der Waals surface area contributed by atoms with Crippen LogP contribution in [0.15, 0.2) is 12.1 Å². The summed E-state index contributed by atoms with van der Waals surface area (Å²) in [6.07, 6.45) is 1.06. The van der Waals surface area contributed by atoms with Crippen LogP contribution in [0, 0.1) is 11.6 Å². The van der Waals surface area contributed by atoms with Crippen LogP contribution in [-0.4, -0.2) is 47.6 Å². The SMILES string of the molecule is CCC1CN(Cc2cc(F)c(O)c(F)c2)CCN1C. The largest absolute Gasteiger partial charge is 0.503 e. The van der Waals surface area contributed by atoms with Crippen molar-refractivity contribution >= 4 is 0 Å². The molecule has 0 aromatic heterocycles. The number of phenolic OH excluding ortho intramolecular Hbond substituents is 1. The lowest BCUT2D eigenvalue weighted by Crippen LogP contribution is -2.50. The number of aromatic hydroxyl groups is 1. The molecule has 0 saturated carbocycles. The Morgan fingerprint density at radius 2 is 1.89 bits per heavy atom. The topological polar surface area (TPSA) is 26.7 Å². The molecule has 0 amide bonds. The Balaban J connectivity index is 2.05. The van der Waals surface area contributed by atoms with Crippen LogP contribution in [0.1, 0.15) is 18.9 Å². The first kappa shape index (κ1) is 14.2. The highest BCUT2D eigenvalue weighted by molar-refractivity contribution is 5.30. The molecule has 1 unspecified atom stereocenters. The van der Waals surface area contributed by atoms with Gasteiger partial charge >= 0.3 is 0 Å². The average molecular weight is 270 g/mol. The first-order valence-corrected chi connectivity index (χ1v) is 6.60. The Labute approximate surface area is 112 Å². The molecule has 3 nitrogen and oxygen atoms in total. The van der Waals surface area contributed by atoms with Crippen molar-refractivity contribution < 1.29 is 13.9 Å². The van der Waals surface area contributed by atoms with Gasteiger partial charge in [-0.15, -0.1) is 0 Å². The molecule has 2 rings (SSSR count). The van der Waals surface area contributed by atoms with Gasteiger partial charge in [-0.3, -0.25) is 4.90 Å². The summed E-state index contributed by atoms with van der Waals surface area (Å²) in [7, 11) is 2.10. The summed E-state index contributed by atoms with van der Waals surface area (Å²) < 4.78 is 26.6. The van der Waals surface area contributed by atoms with Crippen LogP contribution in [0.3, 0.4) is 0 Å². The van der Waals surface area contributed by atoms with Gasteiger partial charge in [-0.25, -0.2) is 8.78 Å². The Hall–Kier alpha value is -1.20. The molecule has 1 aliphatic rings. The molecular weight excluding hydrogens is 250 g/mol. The van der Waals surface area contributed by atoms with Crippen molar-refractivity contribution in [3.63, 3.8) is 0 Å².